The van der Waals surface area contributed by atoms with Gasteiger partial charge in [0.15, 0.2) is 5.16 Å². The third-order valence-electron chi connectivity index (χ3n) is 5.75. The van der Waals surface area contributed by atoms with Crippen molar-refractivity contribution < 1.29 is 9.53 Å². The molecule has 0 bridgehead atoms. The van der Waals surface area contributed by atoms with Crippen LogP contribution >= 0.6 is 11.8 Å². The number of amides is 1. The maximum absolute atomic E-state index is 13.4. The molecule has 0 aliphatic carbocycles. The van der Waals surface area contributed by atoms with Crippen molar-refractivity contribution in [2.75, 3.05) is 13.2 Å². The lowest BCUT2D eigenvalue weighted by molar-refractivity contribution is 0.0937. The predicted molar refractivity (Wildman–Crippen MR) is 133 cm³/mol. The van der Waals surface area contributed by atoms with Crippen LogP contribution < -0.4 is 10.9 Å². The second-order valence-electron chi connectivity index (χ2n) is 9.06. The maximum Gasteiger partial charge on any atom is 0.262 e. The van der Waals surface area contributed by atoms with Crippen LogP contribution in [0.1, 0.15) is 48.2 Å². The van der Waals surface area contributed by atoms with Gasteiger partial charge >= 0.3 is 0 Å². The molecule has 174 valence electrons. The van der Waals surface area contributed by atoms with Crippen molar-refractivity contribution in [3.8, 4) is 0 Å². The molecule has 0 saturated carbocycles. The lowest BCUT2D eigenvalue weighted by Gasteiger charge is -2.17. The van der Waals surface area contributed by atoms with E-state index in [2.05, 4.69) is 50.4 Å². The number of thioether (sulfide) groups is 1. The summed E-state index contributed by atoms with van der Waals surface area (Å²) in [7, 11) is 0. The summed E-state index contributed by atoms with van der Waals surface area (Å²) in [4.78, 5) is 30.8. The van der Waals surface area contributed by atoms with Crippen LogP contribution in [0.25, 0.3) is 10.9 Å². The lowest BCUT2D eigenvalue weighted by atomic mass is 10.1. The molecule has 0 spiro atoms. The molecule has 1 aliphatic rings. The Morgan fingerprint density at radius 1 is 1.24 bits per heavy atom. The minimum atomic E-state index is -0.148. The topological polar surface area (TPSA) is 73.2 Å². The van der Waals surface area contributed by atoms with E-state index in [0.717, 1.165) is 19.4 Å². The molecule has 2 heterocycles. The predicted octanol–water partition coefficient (Wildman–Crippen LogP) is 4.56. The fraction of sp³-hybridized carbons (Fsp3) is 0.423. The highest BCUT2D eigenvalue weighted by atomic mass is 32.2. The number of ether oxygens (including phenoxy) is 1. The van der Waals surface area contributed by atoms with Crippen LogP contribution in [0.4, 0.5) is 0 Å². The van der Waals surface area contributed by atoms with Gasteiger partial charge in [0.25, 0.3) is 11.5 Å². The molecule has 4 rings (SSSR count). The highest BCUT2D eigenvalue weighted by molar-refractivity contribution is 7.98. The van der Waals surface area contributed by atoms with Gasteiger partial charge in [0.05, 0.1) is 23.6 Å². The molecule has 33 heavy (non-hydrogen) atoms. The van der Waals surface area contributed by atoms with E-state index in [9.17, 15) is 9.59 Å². The van der Waals surface area contributed by atoms with Crippen LogP contribution in [-0.4, -0.2) is 34.7 Å². The molecular weight excluding hydrogens is 434 g/mol. The largest absolute Gasteiger partial charge is 0.376 e. The van der Waals surface area contributed by atoms with Gasteiger partial charge in [-0.15, -0.1) is 0 Å². The van der Waals surface area contributed by atoms with Crippen LogP contribution in [0, 0.1) is 12.8 Å². The Hall–Kier alpha value is -2.64. The maximum atomic E-state index is 13.4. The van der Waals surface area contributed by atoms with Crippen molar-refractivity contribution in [3.63, 3.8) is 0 Å². The summed E-state index contributed by atoms with van der Waals surface area (Å²) in [5.41, 5.74) is 3.36. The fourth-order valence-electron chi connectivity index (χ4n) is 3.84. The normalized spacial score (nSPS) is 15.9. The van der Waals surface area contributed by atoms with E-state index in [1.165, 1.54) is 11.1 Å². The Morgan fingerprint density at radius 2 is 2.03 bits per heavy atom. The first-order valence-electron chi connectivity index (χ1n) is 11.5. The van der Waals surface area contributed by atoms with Crippen LogP contribution in [0.2, 0.25) is 0 Å². The summed E-state index contributed by atoms with van der Waals surface area (Å²) in [5, 5.41) is 4.11. The number of aromatic nitrogens is 2. The standard InChI is InChI=1S/C26H31N3O3S/c1-17(2)14-27-24(30)20-10-11-22-23(13-20)28-26(33-16-19-8-6-18(3)7-9-19)29(25(22)31)15-21-5-4-12-32-21/h6-11,13,17,21H,4-5,12,14-16H2,1-3H3,(H,27,30)/t21-/m0/s1. The van der Waals surface area contributed by atoms with Crippen molar-refractivity contribution in [3.05, 3.63) is 69.5 Å². The van der Waals surface area contributed by atoms with Gasteiger partial charge in [-0.2, -0.15) is 0 Å². The van der Waals surface area contributed by atoms with Gasteiger partial charge in [0.2, 0.25) is 0 Å². The summed E-state index contributed by atoms with van der Waals surface area (Å²) in [6.45, 7) is 8.00. The number of carbonyl (C=O) groups excluding carboxylic acids is 1. The molecule has 6 nitrogen and oxygen atoms in total. The van der Waals surface area contributed by atoms with E-state index in [1.807, 2.05) is 0 Å². The fourth-order valence-corrected chi connectivity index (χ4v) is 4.80. The Bertz CT molecular complexity index is 1180. The number of carbonyl (C=O) groups is 1. The highest BCUT2D eigenvalue weighted by Crippen LogP contribution is 2.24. The summed E-state index contributed by atoms with van der Waals surface area (Å²) in [6, 6.07) is 13.5. The zero-order valence-corrected chi connectivity index (χ0v) is 20.3. The lowest BCUT2D eigenvalue weighted by Crippen LogP contribution is -2.29. The number of nitrogens with one attached hydrogen (secondary N) is 1. The van der Waals surface area contributed by atoms with Crippen LogP contribution in [0.3, 0.4) is 0 Å². The SMILES string of the molecule is Cc1ccc(CSc2nc3cc(C(=O)NCC(C)C)ccc3c(=O)n2C[C@@H]2CCCO2)cc1. The number of nitrogens with zero attached hydrogens (tertiary/aromatic N) is 2. The monoisotopic (exact) mass is 465 g/mol. The number of hydrogen-bond donors (Lipinski definition) is 1. The summed E-state index contributed by atoms with van der Waals surface area (Å²) in [5.74, 6) is 0.922. The first-order valence-corrected chi connectivity index (χ1v) is 12.5. The molecule has 1 aromatic heterocycles. The smallest absolute Gasteiger partial charge is 0.262 e. The van der Waals surface area contributed by atoms with E-state index in [0.29, 0.717) is 46.4 Å². The van der Waals surface area contributed by atoms with Crippen molar-refractivity contribution in [1.82, 2.24) is 14.9 Å². The number of fused-ring (bicyclic) bond motifs is 1. The molecule has 2 aromatic carbocycles. The zero-order chi connectivity index (χ0) is 23.4. The number of benzene rings is 2. The van der Waals surface area contributed by atoms with Crippen molar-refractivity contribution in [1.29, 1.82) is 0 Å². The molecule has 0 unspecified atom stereocenters. The molecule has 3 aromatic rings. The zero-order valence-electron chi connectivity index (χ0n) is 19.5. The van der Waals surface area contributed by atoms with Crippen LogP contribution in [-0.2, 0) is 17.0 Å². The van der Waals surface area contributed by atoms with E-state index in [-0.39, 0.29) is 17.6 Å². The Morgan fingerprint density at radius 3 is 2.73 bits per heavy atom. The van der Waals surface area contributed by atoms with Gasteiger partial charge in [-0.05, 0) is 49.4 Å². The van der Waals surface area contributed by atoms with E-state index >= 15 is 0 Å². The van der Waals surface area contributed by atoms with E-state index < -0.39 is 0 Å². The van der Waals surface area contributed by atoms with Crippen LogP contribution in [0.15, 0.2) is 52.4 Å². The average Bonchev–Trinajstić information content (AvgIpc) is 3.32. The molecule has 1 atom stereocenters. The van der Waals surface area contributed by atoms with E-state index in [4.69, 9.17) is 9.72 Å². The Balaban J connectivity index is 1.67. The number of hydrogen-bond acceptors (Lipinski definition) is 5. The van der Waals surface area contributed by atoms with Gasteiger partial charge in [-0.1, -0.05) is 55.4 Å². The first-order chi connectivity index (χ1) is 15.9. The third kappa shape index (κ3) is 5.84. The van der Waals surface area contributed by atoms with Gasteiger partial charge < -0.3 is 10.1 Å². The van der Waals surface area contributed by atoms with Crippen molar-refractivity contribution in [2.45, 2.75) is 57.2 Å². The molecular formula is C26H31N3O3S. The molecule has 1 fully saturated rings. The minimum absolute atomic E-state index is 0.0294. The summed E-state index contributed by atoms with van der Waals surface area (Å²) in [6.07, 6.45) is 1.99. The quantitative estimate of drug-likeness (QED) is 0.390. The summed E-state index contributed by atoms with van der Waals surface area (Å²) >= 11 is 1.54. The number of rotatable bonds is 8. The molecule has 1 aliphatic heterocycles. The van der Waals surface area contributed by atoms with Crippen molar-refractivity contribution in [2.24, 2.45) is 5.92 Å². The second-order valence-corrected chi connectivity index (χ2v) is 10.00. The van der Waals surface area contributed by atoms with Crippen molar-refractivity contribution >= 4 is 28.6 Å². The first kappa shape index (κ1) is 23.5. The average molecular weight is 466 g/mol. The number of aryl methyl sites for hydroxylation is 1. The Labute approximate surface area is 198 Å². The van der Waals surface area contributed by atoms with Gasteiger partial charge in [-0.25, -0.2) is 4.98 Å². The molecule has 0 radical (unpaired) electrons. The second kappa shape index (κ2) is 10.5. The van der Waals surface area contributed by atoms with E-state index in [1.54, 1.807) is 34.5 Å². The highest BCUT2D eigenvalue weighted by Gasteiger charge is 2.21. The third-order valence-corrected chi connectivity index (χ3v) is 6.80. The van der Waals surface area contributed by atoms with Crippen LogP contribution in [0.5, 0.6) is 0 Å². The molecule has 1 N–H and O–H groups in total. The summed E-state index contributed by atoms with van der Waals surface area (Å²) < 4.78 is 7.55. The van der Waals surface area contributed by atoms with Gasteiger partial charge in [-0.3, -0.25) is 14.2 Å². The minimum Gasteiger partial charge on any atom is -0.376 e. The van der Waals surface area contributed by atoms with Gasteiger partial charge in [0.1, 0.15) is 0 Å². The molecule has 1 amide bonds. The molecule has 1 saturated heterocycles. The van der Waals surface area contributed by atoms with Gasteiger partial charge in [0, 0.05) is 24.5 Å². The molecule has 7 heteroatoms. The Kier molecular flexibility index (Phi) is 7.50.